The zero-order valence-electron chi connectivity index (χ0n) is 12.0. The van der Waals surface area contributed by atoms with E-state index in [4.69, 9.17) is 16.7 Å². The molecule has 1 aliphatic heterocycles. The first-order valence-corrected chi connectivity index (χ1v) is 9.56. The number of carboxylic acid groups (broad SMARTS) is 1. The maximum Gasteiger partial charge on any atom is 0.305 e. The van der Waals surface area contributed by atoms with Crippen LogP contribution in [-0.4, -0.2) is 51.7 Å². The first-order chi connectivity index (χ1) is 10.6. The standard InChI is InChI=1S/C15H18ClNO3S2/c16-12-3-1-2-4-13(12)22-7-5-14(18)17-6-8-21-10-11(17)9-15(19)20/h1-4,11H,5-10H2,(H,19,20). The lowest BCUT2D eigenvalue weighted by Crippen LogP contribution is -2.47. The number of carbonyl (C=O) groups excluding carboxylic acids is 1. The third kappa shape index (κ3) is 5.11. The summed E-state index contributed by atoms with van der Waals surface area (Å²) in [6, 6.07) is 7.37. The smallest absolute Gasteiger partial charge is 0.305 e. The third-order valence-corrected chi connectivity index (χ3v) is 5.98. The number of hydrogen-bond acceptors (Lipinski definition) is 4. The summed E-state index contributed by atoms with van der Waals surface area (Å²) in [5.41, 5.74) is 0. The van der Waals surface area contributed by atoms with Crippen LogP contribution < -0.4 is 0 Å². The van der Waals surface area contributed by atoms with Gasteiger partial charge in [0.25, 0.3) is 0 Å². The van der Waals surface area contributed by atoms with Gasteiger partial charge in [-0.1, -0.05) is 23.7 Å². The first-order valence-electron chi connectivity index (χ1n) is 7.04. The number of rotatable bonds is 6. The fourth-order valence-electron chi connectivity index (χ4n) is 2.31. The number of hydrogen-bond donors (Lipinski definition) is 1. The predicted molar refractivity (Wildman–Crippen MR) is 91.9 cm³/mol. The van der Waals surface area contributed by atoms with Gasteiger partial charge in [-0.25, -0.2) is 0 Å². The molecule has 0 spiro atoms. The van der Waals surface area contributed by atoms with Crippen LogP contribution in [0.5, 0.6) is 0 Å². The quantitative estimate of drug-likeness (QED) is 0.790. The van der Waals surface area contributed by atoms with Gasteiger partial charge in [-0.15, -0.1) is 11.8 Å². The topological polar surface area (TPSA) is 57.6 Å². The Labute approximate surface area is 143 Å². The summed E-state index contributed by atoms with van der Waals surface area (Å²) in [6.07, 6.45) is 0.424. The van der Waals surface area contributed by atoms with E-state index in [9.17, 15) is 9.59 Å². The lowest BCUT2D eigenvalue weighted by molar-refractivity contribution is -0.140. The molecule has 1 unspecified atom stereocenters. The zero-order chi connectivity index (χ0) is 15.9. The Morgan fingerprint density at radius 1 is 1.41 bits per heavy atom. The maximum atomic E-state index is 12.3. The van der Waals surface area contributed by atoms with Gasteiger partial charge in [-0.3, -0.25) is 9.59 Å². The van der Waals surface area contributed by atoms with E-state index < -0.39 is 5.97 Å². The molecule has 1 amide bonds. The largest absolute Gasteiger partial charge is 0.481 e. The number of carbonyl (C=O) groups is 2. The van der Waals surface area contributed by atoms with Gasteiger partial charge in [0.15, 0.2) is 0 Å². The SMILES string of the molecule is O=C(O)CC1CSCCN1C(=O)CCSc1ccccc1Cl. The Kier molecular flexibility index (Phi) is 6.92. The van der Waals surface area contributed by atoms with Crippen LogP contribution in [0.1, 0.15) is 12.8 Å². The van der Waals surface area contributed by atoms with Crippen molar-refractivity contribution in [2.24, 2.45) is 0 Å². The van der Waals surface area contributed by atoms with Gasteiger partial charge in [-0.05, 0) is 12.1 Å². The van der Waals surface area contributed by atoms with Crippen LogP contribution in [0.25, 0.3) is 0 Å². The molecule has 1 aliphatic rings. The highest BCUT2D eigenvalue weighted by atomic mass is 35.5. The molecular weight excluding hydrogens is 342 g/mol. The van der Waals surface area contributed by atoms with Gasteiger partial charge in [0.2, 0.25) is 5.91 Å². The lowest BCUT2D eigenvalue weighted by Gasteiger charge is -2.34. The number of nitrogens with zero attached hydrogens (tertiary/aromatic N) is 1. The van der Waals surface area contributed by atoms with E-state index in [1.54, 1.807) is 28.4 Å². The second-order valence-corrected chi connectivity index (χ2v) is 7.64. The van der Waals surface area contributed by atoms with Crippen LogP contribution in [0.4, 0.5) is 0 Å². The number of halogens is 1. The summed E-state index contributed by atoms with van der Waals surface area (Å²) in [6.45, 7) is 0.637. The molecule has 1 atom stereocenters. The molecule has 22 heavy (non-hydrogen) atoms. The number of benzene rings is 1. The summed E-state index contributed by atoms with van der Waals surface area (Å²) >= 11 is 9.35. The minimum atomic E-state index is -0.851. The van der Waals surface area contributed by atoms with Crippen molar-refractivity contribution in [3.05, 3.63) is 29.3 Å². The molecule has 0 aromatic heterocycles. The second-order valence-electron chi connectivity index (χ2n) is 4.94. The van der Waals surface area contributed by atoms with Crippen molar-refractivity contribution >= 4 is 47.0 Å². The van der Waals surface area contributed by atoms with E-state index in [0.717, 1.165) is 10.6 Å². The summed E-state index contributed by atoms with van der Waals surface area (Å²) in [4.78, 5) is 25.9. The molecule has 120 valence electrons. The molecule has 1 aromatic carbocycles. The fraction of sp³-hybridized carbons (Fsp3) is 0.467. The molecule has 7 heteroatoms. The van der Waals surface area contributed by atoms with Crippen LogP contribution in [0.15, 0.2) is 29.2 Å². The van der Waals surface area contributed by atoms with E-state index in [2.05, 4.69) is 0 Å². The van der Waals surface area contributed by atoms with Crippen LogP contribution in [0.2, 0.25) is 5.02 Å². The lowest BCUT2D eigenvalue weighted by atomic mass is 10.2. The van der Waals surface area contributed by atoms with E-state index in [0.29, 0.717) is 29.5 Å². The highest BCUT2D eigenvalue weighted by Crippen LogP contribution is 2.27. The molecule has 0 aliphatic carbocycles. The molecule has 1 heterocycles. The van der Waals surface area contributed by atoms with Crippen LogP contribution >= 0.6 is 35.1 Å². The molecule has 0 radical (unpaired) electrons. The molecule has 4 nitrogen and oxygen atoms in total. The van der Waals surface area contributed by atoms with Gasteiger partial charge in [-0.2, -0.15) is 11.8 Å². The van der Waals surface area contributed by atoms with Gasteiger partial charge in [0.1, 0.15) is 0 Å². The van der Waals surface area contributed by atoms with Crippen LogP contribution in [0, 0.1) is 0 Å². The van der Waals surface area contributed by atoms with Crippen molar-refractivity contribution in [3.8, 4) is 0 Å². The minimum absolute atomic E-state index is 0.0242. The molecule has 1 aromatic rings. The number of aliphatic carboxylic acids is 1. The molecular formula is C15H18ClNO3S2. The maximum absolute atomic E-state index is 12.3. The average Bonchev–Trinajstić information content (AvgIpc) is 2.49. The number of amides is 1. The Balaban J connectivity index is 1.85. The average molecular weight is 360 g/mol. The molecule has 1 fully saturated rings. The van der Waals surface area contributed by atoms with E-state index in [1.165, 1.54) is 0 Å². The Morgan fingerprint density at radius 3 is 2.91 bits per heavy atom. The first kappa shape index (κ1) is 17.5. The summed E-state index contributed by atoms with van der Waals surface area (Å²) in [5.74, 6) is 1.41. The normalized spacial score (nSPS) is 18.2. The Hall–Kier alpha value is -0.850. The van der Waals surface area contributed by atoms with Crippen molar-refractivity contribution in [3.63, 3.8) is 0 Å². The molecule has 1 saturated heterocycles. The van der Waals surface area contributed by atoms with E-state index >= 15 is 0 Å². The molecule has 0 bridgehead atoms. The fourth-order valence-corrected chi connectivity index (χ4v) is 4.55. The van der Waals surface area contributed by atoms with Crippen molar-refractivity contribution in [1.82, 2.24) is 4.90 Å². The van der Waals surface area contributed by atoms with Crippen LogP contribution in [-0.2, 0) is 9.59 Å². The molecule has 0 saturated carbocycles. The van der Waals surface area contributed by atoms with Gasteiger partial charge < -0.3 is 10.0 Å². The minimum Gasteiger partial charge on any atom is -0.481 e. The van der Waals surface area contributed by atoms with E-state index in [-0.39, 0.29) is 18.4 Å². The zero-order valence-corrected chi connectivity index (χ0v) is 14.4. The van der Waals surface area contributed by atoms with Crippen molar-refractivity contribution in [2.75, 3.05) is 23.8 Å². The predicted octanol–water partition coefficient (Wildman–Crippen LogP) is 3.24. The number of thioether (sulfide) groups is 2. The monoisotopic (exact) mass is 359 g/mol. The summed E-state index contributed by atoms with van der Waals surface area (Å²) in [5, 5.41) is 9.65. The van der Waals surface area contributed by atoms with Crippen molar-refractivity contribution in [2.45, 2.75) is 23.8 Å². The third-order valence-electron chi connectivity index (χ3n) is 3.37. The Bertz CT molecular complexity index is 541. The van der Waals surface area contributed by atoms with Gasteiger partial charge >= 0.3 is 5.97 Å². The van der Waals surface area contributed by atoms with Crippen molar-refractivity contribution < 1.29 is 14.7 Å². The highest BCUT2D eigenvalue weighted by molar-refractivity contribution is 7.99. The van der Waals surface area contributed by atoms with E-state index in [1.807, 2.05) is 24.3 Å². The van der Waals surface area contributed by atoms with Crippen molar-refractivity contribution in [1.29, 1.82) is 0 Å². The Morgan fingerprint density at radius 2 is 2.18 bits per heavy atom. The number of carboxylic acids is 1. The van der Waals surface area contributed by atoms with Gasteiger partial charge in [0, 0.05) is 35.1 Å². The summed E-state index contributed by atoms with van der Waals surface area (Å²) in [7, 11) is 0. The second kappa shape index (κ2) is 8.70. The molecule has 2 rings (SSSR count). The summed E-state index contributed by atoms with van der Waals surface area (Å²) < 4.78 is 0. The highest BCUT2D eigenvalue weighted by Gasteiger charge is 2.28. The van der Waals surface area contributed by atoms with Crippen LogP contribution in [0.3, 0.4) is 0 Å². The molecule has 1 N–H and O–H groups in total. The van der Waals surface area contributed by atoms with Gasteiger partial charge in [0.05, 0.1) is 17.5 Å².